The number of carboxylic acids is 1. The molecular formula is C14H21NO3. The Labute approximate surface area is 107 Å². The number of nitrogens with one attached hydrogen (secondary N) is 1. The summed E-state index contributed by atoms with van der Waals surface area (Å²) >= 11 is 0. The Balaban J connectivity index is 1.57. The molecule has 0 aliphatic heterocycles. The summed E-state index contributed by atoms with van der Waals surface area (Å²) in [6.45, 7) is 0. The van der Waals surface area contributed by atoms with Crippen molar-refractivity contribution < 1.29 is 14.7 Å². The number of hydrogen-bond donors (Lipinski definition) is 2. The van der Waals surface area contributed by atoms with Gasteiger partial charge in [0.05, 0.1) is 5.92 Å². The number of hydrogen-bond acceptors (Lipinski definition) is 2. The van der Waals surface area contributed by atoms with Crippen molar-refractivity contribution in [2.45, 2.75) is 57.4 Å². The summed E-state index contributed by atoms with van der Waals surface area (Å²) < 4.78 is 0. The number of amides is 1. The SMILES string of the molecule is O=C(N[C@H]1CCC[C@H]1C(=O)O)C1CC12CCCC2. The van der Waals surface area contributed by atoms with Crippen LogP contribution < -0.4 is 5.32 Å². The number of carboxylic acid groups (broad SMARTS) is 1. The molecule has 0 bridgehead atoms. The fourth-order valence-electron chi connectivity index (χ4n) is 4.06. The first-order valence-electron chi connectivity index (χ1n) is 7.16. The molecule has 100 valence electrons. The Morgan fingerprint density at radius 3 is 2.50 bits per heavy atom. The van der Waals surface area contributed by atoms with Crippen LogP contribution in [0.4, 0.5) is 0 Å². The molecule has 3 rings (SSSR count). The predicted molar refractivity (Wildman–Crippen MR) is 65.9 cm³/mol. The van der Waals surface area contributed by atoms with Crippen molar-refractivity contribution in [1.82, 2.24) is 5.32 Å². The molecule has 3 aliphatic rings. The van der Waals surface area contributed by atoms with Gasteiger partial charge in [0.25, 0.3) is 0 Å². The zero-order valence-electron chi connectivity index (χ0n) is 10.7. The summed E-state index contributed by atoms with van der Waals surface area (Å²) in [4.78, 5) is 23.3. The van der Waals surface area contributed by atoms with E-state index >= 15 is 0 Å². The lowest BCUT2D eigenvalue weighted by Gasteiger charge is -2.18. The van der Waals surface area contributed by atoms with Crippen molar-refractivity contribution in [2.24, 2.45) is 17.3 Å². The molecule has 0 aromatic carbocycles. The fraction of sp³-hybridized carbons (Fsp3) is 0.857. The van der Waals surface area contributed by atoms with Crippen molar-refractivity contribution in [2.75, 3.05) is 0 Å². The van der Waals surface area contributed by atoms with Crippen molar-refractivity contribution in [3.05, 3.63) is 0 Å². The molecule has 3 fully saturated rings. The van der Waals surface area contributed by atoms with Gasteiger partial charge < -0.3 is 10.4 Å². The minimum absolute atomic E-state index is 0.120. The Bertz CT molecular complexity index is 373. The van der Waals surface area contributed by atoms with Crippen LogP contribution in [0.1, 0.15) is 51.4 Å². The monoisotopic (exact) mass is 251 g/mol. The van der Waals surface area contributed by atoms with E-state index in [9.17, 15) is 9.59 Å². The number of carbonyl (C=O) groups excluding carboxylic acids is 1. The molecule has 1 amide bonds. The standard InChI is InChI=1S/C14H21NO3/c16-12(10-8-14(10)6-1-2-7-14)15-11-5-3-4-9(11)13(17)18/h9-11H,1-8H2,(H,15,16)(H,17,18)/t9-,10?,11+/m1/s1. The molecule has 0 saturated heterocycles. The predicted octanol–water partition coefficient (Wildman–Crippen LogP) is 1.94. The van der Waals surface area contributed by atoms with Crippen LogP contribution in [0.3, 0.4) is 0 Å². The van der Waals surface area contributed by atoms with E-state index in [0.717, 1.165) is 19.3 Å². The highest BCUT2D eigenvalue weighted by Crippen LogP contribution is 2.62. The Morgan fingerprint density at radius 1 is 1.11 bits per heavy atom. The van der Waals surface area contributed by atoms with Gasteiger partial charge in [-0.05, 0) is 37.5 Å². The maximum absolute atomic E-state index is 12.2. The second-order valence-corrected chi connectivity index (χ2v) is 6.32. The topological polar surface area (TPSA) is 66.4 Å². The fourth-order valence-corrected chi connectivity index (χ4v) is 4.06. The van der Waals surface area contributed by atoms with Gasteiger partial charge in [-0.15, -0.1) is 0 Å². The number of rotatable bonds is 3. The molecule has 3 aliphatic carbocycles. The van der Waals surface area contributed by atoms with E-state index in [4.69, 9.17) is 5.11 Å². The molecule has 1 unspecified atom stereocenters. The third-order valence-electron chi connectivity index (χ3n) is 5.27. The maximum atomic E-state index is 12.2. The van der Waals surface area contributed by atoms with E-state index in [2.05, 4.69) is 5.32 Å². The van der Waals surface area contributed by atoms with Gasteiger partial charge in [-0.25, -0.2) is 0 Å². The summed E-state index contributed by atoms with van der Waals surface area (Å²) in [5, 5.41) is 12.1. The molecular weight excluding hydrogens is 230 g/mol. The summed E-state index contributed by atoms with van der Waals surface area (Å²) in [5.74, 6) is -0.832. The van der Waals surface area contributed by atoms with Gasteiger partial charge in [-0.1, -0.05) is 19.3 Å². The molecule has 3 saturated carbocycles. The van der Waals surface area contributed by atoms with Crippen LogP contribution in [0, 0.1) is 17.3 Å². The van der Waals surface area contributed by atoms with Crippen LogP contribution in [-0.2, 0) is 9.59 Å². The second-order valence-electron chi connectivity index (χ2n) is 6.32. The minimum atomic E-state index is -0.760. The lowest BCUT2D eigenvalue weighted by atomic mass is 10.0. The van der Waals surface area contributed by atoms with Gasteiger partial charge >= 0.3 is 5.97 Å². The minimum Gasteiger partial charge on any atom is -0.481 e. The highest BCUT2D eigenvalue weighted by molar-refractivity contribution is 5.84. The Hall–Kier alpha value is -1.06. The number of aliphatic carboxylic acids is 1. The average Bonchev–Trinajstić information content (AvgIpc) is 2.68. The van der Waals surface area contributed by atoms with Gasteiger partial charge in [0.1, 0.15) is 0 Å². The zero-order chi connectivity index (χ0) is 12.8. The zero-order valence-corrected chi connectivity index (χ0v) is 10.7. The van der Waals surface area contributed by atoms with Crippen molar-refractivity contribution >= 4 is 11.9 Å². The Morgan fingerprint density at radius 2 is 1.83 bits per heavy atom. The third-order valence-corrected chi connectivity index (χ3v) is 5.27. The molecule has 4 nitrogen and oxygen atoms in total. The van der Waals surface area contributed by atoms with Gasteiger partial charge in [0, 0.05) is 12.0 Å². The second kappa shape index (κ2) is 4.25. The summed E-state index contributed by atoms with van der Waals surface area (Å²) in [5.41, 5.74) is 0.307. The highest BCUT2D eigenvalue weighted by Gasteiger charge is 2.58. The molecule has 3 atom stereocenters. The van der Waals surface area contributed by atoms with Gasteiger partial charge in [-0.2, -0.15) is 0 Å². The summed E-state index contributed by atoms with van der Waals surface area (Å²) in [7, 11) is 0. The lowest BCUT2D eigenvalue weighted by molar-refractivity contribution is -0.142. The van der Waals surface area contributed by atoms with E-state index < -0.39 is 5.97 Å². The summed E-state index contributed by atoms with van der Waals surface area (Å²) in [6, 6.07) is -0.131. The third kappa shape index (κ3) is 1.91. The first-order chi connectivity index (χ1) is 8.62. The molecule has 1 spiro atoms. The van der Waals surface area contributed by atoms with Crippen LogP contribution in [0.25, 0.3) is 0 Å². The summed E-state index contributed by atoms with van der Waals surface area (Å²) in [6.07, 6.45) is 8.37. The number of carbonyl (C=O) groups is 2. The van der Waals surface area contributed by atoms with Crippen LogP contribution >= 0.6 is 0 Å². The normalized spacial score (nSPS) is 36.8. The average molecular weight is 251 g/mol. The maximum Gasteiger partial charge on any atom is 0.308 e. The van der Waals surface area contributed by atoms with Crippen LogP contribution in [-0.4, -0.2) is 23.0 Å². The van der Waals surface area contributed by atoms with Crippen LogP contribution in [0.15, 0.2) is 0 Å². The molecule has 2 N–H and O–H groups in total. The first kappa shape index (κ1) is 12.0. The van der Waals surface area contributed by atoms with E-state index in [0.29, 0.717) is 11.8 Å². The van der Waals surface area contributed by atoms with E-state index in [1.54, 1.807) is 0 Å². The van der Waals surface area contributed by atoms with Gasteiger partial charge in [-0.3, -0.25) is 9.59 Å². The van der Waals surface area contributed by atoms with Crippen molar-refractivity contribution in [3.8, 4) is 0 Å². The van der Waals surface area contributed by atoms with Crippen LogP contribution in [0.5, 0.6) is 0 Å². The van der Waals surface area contributed by atoms with Crippen molar-refractivity contribution in [3.63, 3.8) is 0 Å². The first-order valence-corrected chi connectivity index (χ1v) is 7.16. The van der Waals surface area contributed by atoms with Crippen LogP contribution in [0.2, 0.25) is 0 Å². The quantitative estimate of drug-likeness (QED) is 0.805. The molecule has 0 heterocycles. The molecule has 0 aromatic heterocycles. The van der Waals surface area contributed by atoms with E-state index in [1.807, 2.05) is 0 Å². The Kier molecular flexibility index (Phi) is 2.83. The lowest BCUT2D eigenvalue weighted by Crippen LogP contribution is -2.41. The van der Waals surface area contributed by atoms with E-state index in [1.165, 1.54) is 25.7 Å². The van der Waals surface area contributed by atoms with Gasteiger partial charge in [0.2, 0.25) is 5.91 Å². The van der Waals surface area contributed by atoms with Gasteiger partial charge in [0.15, 0.2) is 0 Å². The van der Waals surface area contributed by atoms with Crippen molar-refractivity contribution in [1.29, 1.82) is 0 Å². The van der Waals surface area contributed by atoms with E-state index in [-0.39, 0.29) is 23.8 Å². The molecule has 0 radical (unpaired) electrons. The largest absolute Gasteiger partial charge is 0.481 e. The molecule has 4 heteroatoms. The smallest absolute Gasteiger partial charge is 0.308 e. The highest BCUT2D eigenvalue weighted by atomic mass is 16.4. The molecule has 0 aromatic rings. The molecule has 18 heavy (non-hydrogen) atoms.